The number of amidine groups is 1. The van der Waals surface area contributed by atoms with Crippen molar-refractivity contribution in [1.29, 1.82) is 5.41 Å². The van der Waals surface area contributed by atoms with E-state index in [1.807, 2.05) is 71.4 Å². The summed E-state index contributed by atoms with van der Waals surface area (Å²) < 4.78 is 5.35. The number of anilines is 1. The Morgan fingerprint density at radius 2 is 1.44 bits per heavy atom. The zero-order valence-corrected chi connectivity index (χ0v) is 60.2. The van der Waals surface area contributed by atoms with Crippen LogP contribution in [0.5, 0.6) is 0 Å². The third-order valence-corrected chi connectivity index (χ3v) is 21.4. The van der Waals surface area contributed by atoms with Crippen molar-refractivity contribution in [2.45, 2.75) is 127 Å². The normalized spacial score (nSPS) is 28.0. The van der Waals surface area contributed by atoms with E-state index in [2.05, 4.69) is 84.2 Å². The van der Waals surface area contributed by atoms with Gasteiger partial charge in [0.25, 0.3) is 0 Å². The predicted molar refractivity (Wildman–Crippen MR) is 364 cm³/mol. The number of amides is 3. The molecule has 7 fully saturated rings. The van der Waals surface area contributed by atoms with Gasteiger partial charge in [0, 0.05) is 140 Å². The van der Waals surface area contributed by atoms with Crippen molar-refractivity contribution in [3.05, 3.63) is 29.8 Å². The van der Waals surface area contributed by atoms with Crippen molar-refractivity contribution in [1.82, 2.24) is 46.6 Å². The molecule has 8 rings (SSSR count). The number of likely N-dealkylation sites (tertiary alicyclic amines) is 2. The van der Waals surface area contributed by atoms with Crippen LogP contribution in [0.15, 0.2) is 34.3 Å². The van der Waals surface area contributed by atoms with Crippen LogP contribution in [0, 0.1) is 11.3 Å². The molecule has 0 aromatic heterocycles. The van der Waals surface area contributed by atoms with E-state index in [9.17, 15) is 29.4 Å². The Labute approximate surface area is 562 Å². The fourth-order valence-electron chi connectivity index (χ4n) is 10.4. The number of ether oxygens (including phenoxy) is 1. The van der Waals surface area contributed by atoms with Gasteiger partial charge in [0.2, 0.25) is 17.7 Å². The van der Waals surface area contributed by atoms with Crippen molar-refractivity contribution in [3.8, 4) is 0 Å². The van der Waals surface area contributed by atoms with E-state index < -0.39 is 5.97 Å². The van der Waals surface area contributed by atoms with E-state index in [-0.39, 0.29) is 83.8 Å². The van der Waals surface area contributed by atoms with Gasteiger partial charge in [-0.15, -0.1) is 0 Å². The van der Waals surface area contributed by atoms with Gasteiger partial charge >= 0.3 is 29.6 Å². The number of aromatic carboxylic acids is 1. The Balaban J connectivity index is 0.000000365. The van der Waals surface area contributed by atoms with Gasteiger partial charge in [-0.1, -0.05) is 12.1 Å². The van der Waals surface area contributed by atoms with Crippen LogP contribution in [0.1, 0.15) is 69.2 Å². The number of likely N-dealkylation sites (N-methyl/N-ethyl adjacent to an activating group) is 2. The molecule has 0 saturated carbocycles. The van der Waals surface area contributed by atoms with E-state index in [4.69, 9.17) is 21.6 Å². The number of aliphatic hydroxyl groups excluding tert-OH is 1. The second-order valence-corrected chi connectivity index (χ2v) is 28.8. The van der Waals surface area contributed by atoms with Gasteiger partial charge in [-0.25, -0.2) is 4.99 Å². The molecule has 0 aliphatic carbocycles. The van der Waals surface area contributed by atoms with Crippen molar-refractivity contribution in [2.75, 3.05) is 149 Å². The molecule has 7 heterocycles. The van der Waals surface area contributed by atoms with Gasteiger partial charge in [0.05, 0.1) is 49.1 Å². The summed E-state index contributed by atoms with van der Waals surface area (Å²) in [7, 11) is 5.66. The van der Waals surface area contributed by atoms with Crippen LogP contribution < -0.4 is 83.3 Å². The number of nitrogens with one attached hydrogen (secondary N) is 8. The number of nitrogens with two attached hydrogens (primary N) is 2. The molecule has 486 valence electrons. The second-order valence-electron chi connectivity index (χ2n) is 22.1. The molecule has 0 radical (unpaired) electrons. The molecule has 0 bridgehead atoms. The zero-order valence-electron chi connectivity index (χ0n) is 53.3. The number of carbonyl (C=O) groups excluding carboxylic acids is 4. The van der Waals surface area contributed by atoms with Crippen LogP contribution in [0.4, 0.5) is 5.69 Å². The van der Waals surface area contributed by atoms with E-state index >= 15 is 0 Å². The summed E-state index contributed by atoms with van der Waals surface area (Å²) in [6.45, 7) is 13.7. The first-order valence-corrected chi connectivity index (χ1v) is 37.2. The maximum absolute atomic E-state index is 12.7. The molecule has 7 aliphatic heterocycles. The molecule has 7 saturated heterocycles. The number of thioether (sulfide) groups is 6. The fraction of sp³-hybridized carbons (Fsp3) is 0.772. The minimum Gasteiger partial charge on any atom is -0.545 e. The van der Waals surface area contributed by atoms with Crippen molar-refractivity contribution in [2.24, 2.45) is 27.4 Å². The molecular formula is C57H104N15NaO7S6. The minimum absolute atomic E-state index is 0. The SMILES string of the molecule is CSC1CC(C(=O)N2CCC(NCOCN=C(C)N)C2)N(C)C1.CSC1CNC(C(=O)N(C)C)C1.CSC1CNC(C(=O)Nc2cccc(C(=O)[O-])c2)C1.CSC1CNC(C(C)=N)C1.CSC1CNC(C(O)C2CCNC2)C1.CSCCN=CN.[Na+]. The summed E-state index contributed by atoms with van der Waals surface area (Å²) in [5.74, 6) is 1.14. The van der Waals surface area contributed by atoms with Gasteiger partial charge in [0.1, 0.15) is 6.73 Å². The van der Waals surface area contributed by atoms with Gasteiger partial charge in [-0.2, -0.15) is 70.6 Å². The molecule has 22 nitrogen and oxygen atoms in total. The molecule has 0 spiro atoms. The first-order valence-electron chi connectivity index (χ1n) is 29.3. The molecule has 13 N–H and O–H groups in total. The molecule has 86 heavy (non-hydrogen) atoms. The van der Waals surface area contributed by atoms with Crippen LogP contribution in [-0.4, -0.2) is 273 Å². The second kappa shape index (κ2) is 45.7. The third kappa shape index (κ3) is 30.3. The predicted octanol–water partition coefficient (Wildman–Crippen LogP) is -1.32. The van der Waals surface area contributed by atoms with Crippen LogP contribution in [0.3, 0.4) is 0 Å². The number of carbonyl (C=O) groups is 4. The summed E-state index contributed by atoms with van der Waals surface area (Å²) in [5, 5.41) is 53.8. The smallest absolute Gasteiger partial charge is 0.545 e. The number of carboxylic acids is 1. The molecule has 3 amide bonds. The average Bonchev–Trinajstić information content (AvgIpc) is 3.60. The quantitative estimate of drug-likeness (QED) is 0.0224. The Kier molecular flexibility index (Phi) is 42.8. The summed E-state index contributed by atoms with van der Waals surface area (Å²) in [6.07, 6.45) is 20.8. The number of aliphatic imine (C=N–C) groups is 2. The van der Waals surface area contributed by atoms with E-state index in [1.54, 1.807) is 61.6 Å². The first kappa shape index (κ1) is 80.5. The van der Waals surface area contributed by atoms with E-state index in [0.29, 0.717) is 63.3 Å². The third-order valence-electron chi connectivity index (χ3n) is 15.7. The summed E-state index contributed by atoms with van der Waals surface area (Å²) in [4.78, 5) is 60.5. The number of nitrogens with zero attached hydrogens (tertiary/aromatic N) is 5. The van der Waals surface area contributed by atoms with E-state index in [0.717, 1.165) is 127 Å². The van der Waals surface area contributed by atoms with Gasteiger partial charge in [-0.05, 0) is 128 Å². The van der Waals surface area contributed by atoms with Gasteiger partial charge in [-0.3, -0.25) is 29.6 Å². The van der Waals surface area contributed by atoms with Crippen molar-refractivity contribution >= 4 is 118 Å². The number of carboxylic acid groups (broad SMARTS) is 1. The Morgan fingerprint density at radius 1 is 0.849 bits per heavy atom. The number of benzene rings is 1. The molecular weight excluding hydrogens is 1220 g/mol. The topological polar surface area (TPSA) is 315 Å². The molecule has 13 atom stereocenters. The van der Waals surface area contributed by atoms with Gasteiger partial charge in [0.15, 0.2) is 0 Å². The molecule has 13 unspecified atom stereocenters. The first-order chi connectivity index (χ1) is 40.7. The van der Waals surface area contributed by atoms with Gasteiger partial charge < -0.3 is 78.3 Å². The van der Waals surface area contributed by atoms with Crippen LogP contribution in [-0.2, 0) is 19.1 Å². The largest absolute Gasteiger partial charge is 1.00 e. The standard InChI is InChI=1S/C15H29N5O2S.C13H16N2O3S.C10H20N2OS.C8H16N2OS.C7H14N2S.C4H10N2S.Na/c1-11(16)17-9-22-10-18-12-4-5-20(7-12)15(21)14-6-13(23-3)8-19(14)2;1-19-10-6-11(14-7-10)12(16)15-9-4-2-3-8(5-9)13(17)18;1-14-8-4-9(12-6-8)10(13)7-2-3-11-5-7;1-10(2)8(11)7-4-6(12-3)5-9-7;1-5(8)7-3-6(10-2)4-9-7;1-7-3-2-6-4-5;/h12-14,18H,4-10H2,1-3H3,(H2,16,17);2-5,10-11,14H,6-7H2,1H3,(H,15,16)(H,17,18);7-13H,2-6H2,1H3;6-7,9H,4-5H2,1-3H3;6-9H,3-4H2,1-2H3;4H,2-3H2,1H3,(H2,5,6);/q;;;;;;+1/p-1. The monoisotopic (exact) mass is 1330 g/mol. The van der Waals surface area contributed by atoms with Crippen LogP contribution >= 0.6 is 70.6 Å². The average molecular weight is 1330 g/mol. The van der Waals surface area contributed by atoms with Crippen LogP contribution in [0.2, 0.25) is 0 Å². The van der Waals surface area contributed by atoms with Crippen molar-refractivity contribution in [3.63, 3.8) is 0 Å². The minimum atomic E-state index is -1.25. The Morgan fingerprint density at radius 3 is 1.95 bits per heavy atom. The number of hydrogen-bond acceptors (Lipinski definition) is 23. The maximum Gasteiger partial charge on any atom is 1.00 e. The Bertz CT molecular complexity index is 2180. The fourth-order valence-corrected chi connectivity index (χ4v) is 14.1. The Hall–Kier alpha value is -1.55. The maximum atomic E-state index is 12.7. The molecule has 1 aromatic rings. The molecule has 29 heteroatoms. The van der Waals surface area contributed by atoms with E-state index in [1.165, 1.54) is 18.5 Å². The number of aliphatic hydroxyl groups is 1. The number of hydrogen-bond donors (Lipinski definition) is 11. The van der Waals surface area contributed by atoms with Crippen molar-refractivity contribution < 1.29 is 63.7 Å². The summed E-state index contributed by atoms with van der Waals surface area (Å²) >= 11 is 11.0. The summed E-state index contributed by atoms with van der Waals surface area (Å²) in [5.41, 5.74) is 11.7. The molecule has 7 aliphatic rings. The number of rotatable bonds is 21. The van der Waals surface area contributed by atoms with Crippen LogP contribution in [0.25, 0.3) is 0 Å². The molecule has 1 aromatic carbocycles. The zero-order chi connectivity index (χ0) is 62.8. The summed E-state index contributed by atoms with van der Waals surface area (Å²) in [6, 6.07) is 6.93.